The van der Waals surface area contributed by atoms with E-state index < -0.39 is 10.0 Å². The van der Waals surface area contributed by atoms with Gasteiger partial charge in [0.15, 0.2) is 0 Å². The minimum Gasteiger partial charge on any atom is -0.346 e. The van der Waals surface area contributed by atoms with Gasteiger partial charge in [0.1, 0.15) is 5.65 Å². The van der Waals surface area contributed by atoms with Crippen LogP contribution in [0, 0.1) is 0 Å². The highest BCUT2D eigenvalue weighted by molar-refractivity contribution is 7.89. The number of pyridine rings is 1. The highest BCUT2D eigenvalue weighted by atomic mass is 35.5. The maximum Gasteiger partial charge on any atom is 0.243 e. The quantitative estimate of drug-likeness (QED) is 0.701. The zero-order valence-electron chi connectivity index (χ0n) is 13.6. The van der Waals surface area contributed by atoms with Gasteiger partial charge in [0.05, 0.1) is 4.90 Å². The summed E-state index contributed by atoms with van der Waals surface area (Å²) in [6, 6.07) is 8.26. The summed E-state index contributed by atoms with van der Waals surface area (Å²) in [5.74, 6) is 0. The molecule has 0 radical (unpaired) electrons. The van der Waals surface area contributed by atoms with Crippen LogP contribution in [0.4, 0.5) is 0 Å². The lowest BCUT2D eigenvalue weighted by Crippen LogP contribution is -2.34. The Balaban J connectivity index is 1.63. The molecule has 1 aliphatic rings. The van der Waals surface area contributed by atoms with Gasteiger partial charge in [-0.05, 0) is 42.3 Å². The van der Waals surface area contributed by atoms with E-state index in [4.69, 9.17) is 23.2 Å². The van der Waals surface area contributed by atoms with E-state index in [1.54, 1.807) is 6.20 Å². The molecule has 8 heteroatoms. The molecule has 4 rings (SSSR count). The number of halogens is 2. The first-order valence-electron chi connectivity index (χ1n) is 8.03. The first kappa shape index (κ1) is 17.5. The summed E-state index contributed by atoms with van der Waals surface area (Å²) >= 11 is 11.9. The van der Waals surface area contributed by atoms with Crippen molar-refractivity contribution >= 4 is 49.8 Å². The highest BCUT2D eigenvalue weighted by Crippen LogP contribution is 2.31. The van der Waals surface area contributed by atoms with Crippen LogP contribution < -0.4 is 0 Å². The molecule has 0 fully saturated rings. The molecule has 0 atom stereocenters. The number of rotatable bonds is 3. The highest BCUT2D eigenvalue weighted by Gasteiger charge is 2.27. The third-order valence-electron chi connectivity index (χ3n) is 4.44. The summed E-state index contributed by atoms with van der Waals surface area (Å²) in [6.45, 7) is 0.694. The molecule has 0 bridgehead atoms. The lowest BCUT2D eigenvalue weighted by molar-refractivity contribution is 0.441. The van der Waals surface area contributed by atoms with E-state index in [1.165, 1.54) is 22.5 Å². The smallest absolute Gasteiger partial charge is 0.243 e. The molecular formula is C18H15Cl2N3O2S. The van der Waals surface area contributed by atoms with Crippen LogP contribution in [0.1, 0.15) is 12.0 Å². The summed E-state index contributed by atoms with van der Waals surface area (Å²) in [5.41, 5.74) is 3.00. The number of H-pyrrole nitrogens is 1. The van der Waals surface area contributed by atoms with Gasteiger partial charge in [-0.2, -0.15) is 4.31 Å². The minimum atomic E-state index is -3.64. The van der Waals surface area contributed by atoms with Crippen molar-refractivity contribution in [2.45, 2.75) is 11.3 Å². The van der Waals surface area contributed by atoms with Gasteiger partial charge in [-0.1, -0.05) is 29.3 Å². The van der Waals surface area contributed by atoms with Crippen LogP contribution in [0.3, 0.4) is 0 Å². The second kappa shape index (κ2) is 6.70. The summed E-state index contributed by atoms with van der Waals surface area (Å²) in [6.07, 6.45) is 6.23. The molecule has 26 heavy (non-hydrogen) atoms. The van der Waals surface area contributed by atoms with Crippen molar-refractivity contribution in [1.82, 2.24) is 14.3 Å². The van der Waals surface area contributed by atoms with Crippen molar-refractivity contribution in [2.75, 3.05) is 13.1 Å². The Bertz CT molecular complexity index is 1100. The number of nitrogens with zero attached hydrogens (tertiary/aromatic N) is 2. The number of nitrogens with one attached hydrogen (secondary N) is 1. The molecule has 2 aromatic heterocycles. The molecule has 1 aromatic carbocycles. The Morgan fingerprint density at radius 1 is 1.15 bits per heavy atom. The van der Waals surface area contributed by atoms with Gasteiger partial charge < -0.3 is 4.98 Å². The molecule has 0 amide bonds. The third-order valence-corrected chi connectivity index (χ3v) is 6.72. The van der Waals surface area contributed by atoms with Crippen LogP contribution in [0.5, 0.6) is 0 Å². The summed E-state index contributed by atoms with van der Waals surface area (Å²) < 4.78 is 27.2. The maximum atomic E-state index is 12.9. The average Bonchev–Trinajstić information content (AvgIpc) is 3.05. The van der Waals surface area contributed by atoms with Crippen LogP contribution in [0.2, 0.25) is 10.0 Å². The minimum absolute atomic E-state index is 0.114. The standard InChI is InChI=1S/C18H15Cl2N3O2S/c19-13-8-14(20)10-15(9-13)26(24,25)23-6-3-12(4-7-23)17-11-22-18-16(17)2-1-5-21-18/h1-3,5,8-11H,4,6-7H2,(H,21,22). The van der Waals surface area contributed by atoms with Crippen molar-refractivity contribution < 1.29 is 8.42 Å². The Hall–Kier alpha value is -1.86. The monoisotopic (exact) mass is 407 g/mol. The van der Waals surface area contributed by atoms with E-state index in [2.05, 4.69) is 9.97 Å². The Kier molecular flexibility index (Phi) is 4.52. The fourth-order valence-corrected chi connectivity index (χ4v) is 5.27. The predicted octanol–water partition coefficient (Wildman–Crippen LogP) is 4.35. The van der Waals surface area contributed by atoms with Crippen LogP contribution in [-0.2, 0) is 10.0 Å². The molecule has 1 N–H and O–H groups in total. The van der Waals surface area contributed by atoms with E-state index in [0.717, 1.165) is 22.2 Å². The maximum absolute atomic E-state index is 12.9. The molecule has 3 aromatic rings. The number of hydrogen-bond acceptors (Lipinski definition) is 3. The van der Waals surface area contributed by atoms with E-state index in [0.29, 0.717) is 29.6 Å². The van der Waals surface area contributed by atoms with Crippen LogP contribution in [0.25, 0.3) is 16.6 Å². The molecular weight excluding hydrogens is 393 g/mol. The van der Waals surface area contributed by atoms with Crippen molar-refractivity contribution in [3.63, 3.8) is 0 Å². The van der Waals surface area contributed by atoms with Gasteiger partial charge in [-0.3, -0.25) is 0 Å². The lowest BCUT2D eigenvalue weighted by atomic mass is 10.0. The number of hydrogen-bond donors (Lipinski definition) is 1. The summed E-state index contributed by atoms with van der Waals surface area (Å²) in [5, 5.41) is 1.64. The molecule has 0 saturated carbocycles. The lowest BCUT2D eigenvalue weighted by Gasteiger charge is -2.26. The molecule has 5 nitrogen and oxygen atoms in total. The van der Waals surface area contributed by atoms with E-state index in [-0.39, 0.29) is 4.90 Å². The largest absolute Gasteiger partial charge is 0.346 e. The second-order valence-electron chi connectivity index (χ2n) is 6.05. The molecule has 0 aliphatic carbocycles. The average molecular weight is 408 g/mol. The van der Waals surface area contributed by atoms with Crippen LogP contribution in [-0.4, -0.2) is 35.8 Å². The number of aromatic nitrogens is 2. The summed E-state index contributed by atoms with van der Waals surface area (Å²) in [7, 11) is -3.64. The molecule has 3 heterocycles. The Morgan fingerprint density at radius 2 is 1.92 bits per heavy atom. The topological polar surface area (TPSA) is 66.1 Å². The first-order valence-corrected chi connectivity index (χ1v) is 10.2. The van der Waals surface area contributed by atoms with Gasteiger partial charge in [0.2, 0.25) is 10.0 Å². The molecule has 0 unspecified atom stereocenters. The molecule has 0 saturated heterocycles. The SMILES string of the molecule is O=S(=O)(c1cc(Cl)cc(Cl)c1)N1CC=C(c2c[nH]c3ncccc23)CC1. The zero-order chi connectivity index (χ0) is 18.3. The predicted molar refractivity (Wildman–Crippen MR) is 104 cm³/mol. The first-order chi connectivity index (χ1) is 12.4. The molecule has 0 spiro atoms. The number of benzene rings is 1. The fraction of sp³-hybridized carbons (Fsp3) is 0.167. The third kappa shape index (κ3) is 3.14. The normalized spacial score (nSPS) is 16.0. The summed E-state index contributed by atoms with van der Waals surface area (Å²) in [4.78, 5) is 7.56. The van der Waals surface area contributed by atoms with Gasteiger partial charge in [0.25, 0.3) is 0 Å². The van der Waals surface area contributed by atoms with Gasteiger partial charge in [0, 0.05) is 46.5 Å². The second-order valence-corrected chi connectivity index (χ2v) is 8.86. The van der Waals surface area contributed by atoms with Crippen molar-refractivity contribution in [3.05, 3.63) is 64.4 Å². The van der Waals surface area contributed by atoms with Gasteiger partial charge in [-0.15, -0.1) is 0 Å². The number of fused-ring (bicyclic) bond motifs is 1. The van der Waals surface area contributed by atoms with Crippen LogP contribution >= 0.6 is 23.2 Å². The Labute approximate surface area is 161 Å². The van der Waals surface area contributed by atoms with Crippen molar-refractivity contribution in [1.29, 1.82) is 0 Å². The van der Waals surface area contributed by atoms with E-state index >= 15 is 0 Å². The van der Waals surface area contributed by atoms with Crippen LogP contribution in [0.15, 0.2) is 53.7 Å². The van der Waals surface area contributed by atoms with Gasteiger partial charge in [-0.25, -0.2) is 13.4 Å². The number of sulfonamides is 1. The fourth-order valence-electron chi connectivity index (χ4n) is 3.16. The van der Waals surface area contributed by atoms with Crippen molar-refractivity contribution in [2.24, 2.45) is 0 Å². The Morgan fingerprint density at radius 3 is 2.62 bits per heavy atom. The zero-order valence-corrected chi connectivity index (χ0v) is 15.9. The van der Waals surface area contributed by atoms with Gasteiger partial charge >= 0.3 is 0 Å². The van der Waals surface area contributed by atoms with E-state index in [9.17, 15) is 8.42 Å². The number of aromatic amines is 1. The van der Waals surface area contributed by atoms with Crippen molar-refractivity contribution in [3.8, 4) is 0 Å². The van der Waals surface area contributed by atoms with E-state index in [1.807, 2.05) is 24.4 Å². The molecule has 1 aliphatic heterocycles. The molecule has 134 valence electrons.